The summed E-state index contributed by atoms with van der Waals surface area (Å²) in [5.41, 5.74) is 6.02. The third kappa shape index (κ3) is 4.03. The monoisotopic (exact) mass is 384 g/mol. The number of rotatable bonds is 4. The molecular formula is C22H28N2O2S. The normalized spacial score (nSPS) is 16.3. The van der Waals surface area contributed by atoms with Crippen molar-refractivity contribution in [3.8, 4) is 11.5 Å². The van der Waals surface area contributed by atoms with Crippen LogP contribution in [0.15, 0.2) is 30.3 Å². The molecule has 2 aromatic carbocycles. The lowest BCUT2D eigenvalue weighted by atomic mass is 10.0. The highest BCUT2D eigenvalue weighted by atomic mass is 32.1. The van der Waals surface area contributed by atoms with E-state index in [0.717, 1.165) is 41.7 Å². The first-order valence-electron chi connectivity index (χ1n) is 9.32. The maximum Gasteiger partial charge on any atom is 0.173 e. The van der Waals surface area contributed by atoms with Crippen LogP contribution in [0.1, 0.15) is 41.1 Å². The van der Waals surface area contributed by atoms with E-state index in [0.29, 0.717) is 0 Å². The Kier molecular flexibility index (Phi) is 5.90. The molecule has 0 unspecified atom stereocenters. The molecule has 1 fully saturated rings. The number of nitrogens with zero attached hydrogens (tertiary/aromatic N) is 1. The van der Waals surface area contributed by atoms with Gasteiger partial charge in [0.25, 0.3) is 0 Å². The van der Waals surface area contributed by atoms with Crippen molar-refractivity contribution in [2.75, 3.05) is 26.1 Å². The van der Waals surface area contributed by atoms with E-state index >= 15 is 0 Å². The first-order chi connectivity index (χ1) is 12.9. The minimum Gasteiger partial charge on any atom is -0.493 e. The molecule has 1 aliphatic heterocycles. The largest absolute Gasteiger partial charge is 0.493 e. The molecule has 0 spiro atoms. The lowest BCUT2D eigenvalue weighted by molar-refractivity contribution is 0.351. The quantitative estimate of drug-likeness (QED) is 0.736. The van der Waals surface area contributed by atoms with Gasteiger partial charge in [-0.15, -0.1) is 0 Å². The van der Waals surface area contributed by atoms with Crippen LogP contribution in [-0.2, 0) is 0 Å². The summed E-state index contributed by atoms with van der Waals surface area (Å²) in [6.45, 7) is 7.33. The number of hydrogen-bond donors (Lipinski definition) is 1. The second-order valence-electron chi connectivity index (χ2n) is 7.17. The average Bonchev–Trinajstić information content (AvgIpc) is 3.13. The molecule has 5 heteroatoms. The number of hydrogen-bond acceptors (Lipinski definition) is 3. The van der Waals surface area contributed by atoms with Gasteiger partial charge in [0.1, 0.15) is 0 Å². The number of nitrogens with one attached hydrogen (secondary N) is 1. The fourth-order valence-electron chi connectivity index (χ4n) is 3.97. The first kappa shape index (κ1) is 19.5. The zero-order chi connectivity index (χ0) is 19.6. The van der Waals surface area contributed by atoms with Gasteiger partial charge >= 0.3 is 0 Å². The van der Waals surface area contributed by atoms with Crippen LogP contribution in [0.2, 0.25) is 0 Å². The highest BCUT2D eigenvalue weighted by Crippen LogP contribution is 2.37. The molecule has 1 aliphatic rings. The van der Waals surface area contributed by atoms with Gasteiger partial charge in [-0.1, -0.05) is 23.8 Å². The minimum absolute atomic E-state index is 0.246. The molecule has 1 N–H and O–H groups in total. The lowest BCUT2D eigenvalue weighted by Gasteiger charge is -2.29. The number of methoxy groups -OCH3 is 2. The Bertz CT molecular complexity index is 827. The molecule has 0 radical (unpaired) electrons. The van der Waals surface area contributed by atoms with Gasteiger partial charge in [0.15, 0.2) is 16.6 Å². The smallest absolute Gasteiger partial charge is 0.173 e. The van der Waals surface area contributed by atoms with E-state index in [-0.39, 0.29) is 6.04 Å². The molecule has 4 nitrogen and oxygen atoms in total. The second-order valence-corrected chi connectivity index (χ2v) is 7.56. The molecule has 144 valence electrons. The number of aryl methyl sites for hydroxylation is 3. The molecule has 0 bridgehead atoms. The third-order valence-corrected chi connectivity index (χ3v) is 5.55. The lowest BCUT2D eigenvalue weighted by Crippen LogP contribution is -2.34. The van der Waals surface area contributed by atoms with Gasteiger partial charge in [0.2, 0.25) is 0 Å². The summed E-state index contributed by atoms with van der Waals surface area (Å²) < 4.78 is 10.8. The van der Waals surface area contributed by atoms with Gasteiger partial charge in [-0.05, 0) is 74.7 Å². The van der Waals surface area contributed by atoms with E-state index in [4.69, 9.17) is 21.7 Å². The Balaban J connectivity index is 1.83. The van der Waals surface area contributed by atoms with Gasteiger partial charge < -0.3 is 19.7 Å². The third-order valence-electron chi connectivity index (χ3n) is 5.21. The molecule has 1 saturated heterocycles. The van der Waals surface area contributed by atoms with Gasteiger partial charge in [-0.25, -0.2) is 0 Å². The second kappa shape index (κ2) is 8.17. The van der Waals surface area contributed by atoms with Crippen molar-refractivity contribution in [2.45, 2.75) is 39.7 Å². The van der Waals surface area contributed by atoms with E-state index in [2.05, 4.69) is 55.3 Å². The molecule has 0 aliphatic carbocycles. The Hall–Kier alpha value is -2.27. The molecular weight excluding hydrogens is 356 g/mol. The van der Waals surface area contributed by atoms with Crippen molar-refractivity contribution in [3.05, 3.63) is 52.6 Å². The minimum atomic E-state index is 0.246. The van der Waals surface area contributed by atoms with E-state index < -0.39 is 0 Å². The summed E-state index contributed by atoms with van der Waals surface area (Å²) in [4.78, 5) is 2.29. The predicted molar refractivity (Wildman–Crippen MR) is 115 cm³/mol. The van der Waals surface area contributed by atoms with Crippen LogP contribution in [-0.4, -0.2) is 30.8 Å². The van der Waals surface area contributed by atoms with E-state index in [1.54, 1.807) is 14.2 Å². The molecule has 1 atom stereocenters. The van der Waals surface area contributed by atoms with E-state index in [1.807, 2.05) is 6.07 Å². The molecule has 27 heavy (non-hydrogen) atoms. The Labute approximate surface area is 167 Å². The van der Waals surface area contributed by atoms with E-state index in [1.165, 1.54) is 22.3 Å². The zero-order valence-electron chi connectivity index (χ0n) is 16.8. The van der Waals surface area contributed by atoms with Crippen molar-refractivity contribution < 1.29 is 9.47 Å². The fraction of sp³-hybridized carbons (Fsp3) is 0.409. The maximum atomic E-state index is 5.79. The van der Waals surface area contributed by atoms with Crippen molar-refractivity contribution in [2.24, 2.45) is 0 Å². The van der Waals surface area contributed by atoms with Crippen molar-refractivity contribution in [1.29, 1.82) is 0 Å². The van der Waals surface area contributed by atoms with Crippen LogP contribution in [0.3, 0.4) is 0 Å². The molecule has 0 aromatic heterocycles. The predicted octanol–water partition coefficient (Wildman–Crippen LogP) is 5.16. The topological polar surface area (TPSA) is 33.7 Å². The summed E-state index contributed by atoms with van der Waals surface area (Å²) in [6.07, 6.45) is 2.19. The number of anilines is 1. The Morgan fingerprint density at radius 2 is 1.70 bits per heavy atom. The van der Waals surface area contributed by atoms with Crippen LogP contribution in [0.5, 0.6) is 11.5 Å². The van der Waals surface area contributed by atoms with Crippen LogP contribution >= 0.6 is 12.2 Å². The molecule has 0 saturated carbocycles. The summed E-state index contributed by atoms with van der Waals surface area (Å²) in [5.74, 6) is 1.50. The SMILES string of the molecule is COc1ccc([C@H]2CCCN2C(=S)Nc2c(C)cc(C)cc2C)cc1OC. The van der Waals surface area contributed by atoms with Gasteiger partial charge in [0.05, 0.1) is 20.3 Å². The molecule has 0 amide bonds. The van der Waals surface area contributed by atoms with Crippen LogP contribution < -0.4 is 14.8 Å². The number of ether oxygens (including phenoxy) is 2. The maximum absolute atomic E-state index is 5.79. The molecule has 2 aromatic rings. The van der Waals surface area contributed by atoms with Crippen LogP contribution in [0, 0.1) is 20.8 Å². The number of likely N-dealkylation sites (tertiary alicyclic amines) is 1. The highest BCUT2D eigenvalue weighted by molar-refractivity contribution is 7.80. The van der Waals surface area contributed by atoms with Crippen LogP contribution in [0.4, 0.5) is 5.69 Å². The van der Waals surface area contributed by atoms with Gasteiger partial charge in [-0.2, -0.15) is 0 Å². The summed E-state index contributed by atoms with van der Waals surface area (Å²) in [7, 11) is 3.33. The van der Waals surface area contributed by atoms with Crippen molar-refractivity contribution in [1.82, 2.24) is 4.90 Å². The Morgan fingerprint density at radius 1 is 1.04 bits per heavy atom. The summed E-state index contributed by atoms with van der Waals surface area (Å²) in [6, 6.07) is 10.8. The summed E-state index contributed by atoms with van der Waals surface area (Å²) in [5, 5.41) is 4.28. The zero-order valence-corrected chi connectivity index (χ0v) is 17.6. The standard InChI is InChI=1S/C22H28N2O2S/c1-14-11-15(2)21(16(3)12-14)23-22(27)24-10-6-7-18(24)17-8-9-19(25-4)20(13-17)26-5/h8-9,11-13,18H,6-7,10H2,1-5H3,(H,23,27)/t18-/m1/s1. The highest BCUT2D eigenvalue weighted by Gasteiger charge is 2.29. The molecule has 1 heterocycles. The summed E-state index contributed by atoms with van der Waals surface area (Å²) >= 11 is 5.79. The fourth-order valence-corrected chi connectivity index (χ4v) is 4.29. The van der Waals surface area contributed by atoms with Gasteiger partial charge in [0, 0.05) is 12.2 Å². The number of thiocarbonyl (C=S) groups is 1. The first-order valence-corrected chi connectivity index (χ1v) is 9.72. The molecule has 3 rings (SSSR count). The van der Waals surface area contributed by atoms with E-state index in [9.17, 15) is 0 Å². The Morgan fingerprint density at radius 3 is 2.33 bits per heavy atom. The van der Waals surface area contributed by atoms with Gasteiger partial charge in [-0.3, -0.25) is 0 Å². The number of benzene rings is 2. The van der Waals surface area contributed by atoms with Crippen molar-refractivity contribution in [3.63, 3.8) is 0 Å². The van der Waals surface area contributed by atoms with Crippen LogP contribution in [0.25, 0.3) is 0 Å². The average molecular weight is 385 g/mol. The van der Waals surface area contributed by atoms with Crippen molar-refractivity contribution >= 4 is 23.0 Å².